The van der Waals surface area contributed by atoms with Crippen LogP contribution in [0.2, 0.25) is 0 Å². The number of piperidine rings is 1. The summed E-state index contributed by atoms with van der Waals surface area (Å²) in [5, 5.41) is 0. The number of amides is 1. The van der Waals surface area contributed by atoms with Gasteiger partial charge in [0.25, 0.3) is 0 Å². The van der Waals surface area contributed by atoms with Gasteiger partial charge in [-0.1, -0.05) is 18.2 Å². The van der Waals surface area contributed by atoms with E-state index < -0.39 is 0 Å². The Morgan fingerprint density at radius 1 is 1.29 bits per heavy atom. The first-order valence-corrected chi connectivity index (χ1v) is 8.59. The third-order valence-electron chi connectivity index (χ3n) is 4.68. The molecule has 1 amide bonds. The molecule has 6 heteroatoms. The molecule has 1 aromatic rings. The molecular formula is C18H27ClN2O3. The van der Waals surface area contributed by atoms with E-state index in [1.165, 1.54) is 0 Å². The molecule has 1 fully saturated rings. The second kappa shape index (κ2) is 9.25. The molecule has 3 rings (SSSR count). The van der Waals surface area contributed by atoms with Crippen LogP contribution in [0.5, 0.6) is 5.75 Å². The Morgan fingerprint density at radius 2 is 2.04 bits per heavy atom. The van der Waals surface area contributed by atoms with Crippen molar-refractivity contribution in [2.24, 2.45) is 11.7 Å². The van der Waals surface area contributed by atoms with Gasteiger partial charge in [-0.2, -0.15) is 0 Å². The predicted octanol–water partition coefficient (Wildman–Crippen LogP) is 2.02. The number of nitrogens with zero attached hydrogens (tertiary/aromatic N) is 1. The summed E-state index contributed by atoms with van der Waals surface area (Å²) in [7, 11) is 0. The van der Waals surface area contributed by atoms with Crippen molar-refractivity contribution >= 4 is 18.3 Å². The average Bonchev–Trinajstić information content (AvgIpc) is 2.61. The number of halogens is 1. The van der Waals surface area contributed by atoms with E-state index in [2.05, 4.69) is 0 Å². The predicted molar refractivity (Wildman–Crippen MR) is 95.6 cm³/mol. The number of hydrogen-bond acceptors (Lipinski definition) is 4. The molecule has 1 saturated heterocycles. The largest absolute Gasteiger partial charge is 0.492 e. The molecule has 2 aliphatic heterocycles. The molecule has 24 heavy (non-hydrogen) atoms. The van der Waals surface area contributed by atoms with Crippen LogP contribution in [-0.2, 0) is 16.0 Å². The molecule has 1 atom stereocenters. The Bertz CT molecular complexity index is 533. The van der Waals surface area contributed by atoms with Gasteiger partial charge in [0.2, 0.25) is 5.91 Å². The van der Waals surface area contributed by atoms with Crippen LogP contribution in [0.1, 0.15) is 24.8 Å². The number of fused-ring (bicyclic) bond motifs is 1. The Kier molecular flexibility index (Phi) is 7.34. The van der Waals surface area contributed by atoms with Crippen molar-refractivity contribution in [2.75, 3.05) is 32.8 Å². The summed E-state index contributed by atoms with van der Waals surface area (Å²) in [5.74, 6) is 1.09. The Hall–Kier alpha value is -1.30. The molecule has 1 aromatic carbocycles. The number of benzene rings is 1. The van der Waals surface area contributed by atoms with E-state index >= 15 is 0 Å². The van der Waals surface area contributed by atoms with Crippen LogP contribution in [0.15, 0.2) is 24.3 Å². The molecule has 2 N–H and O–H groups in total. The molecule has 0 bridgehead atoms. The van der Waals surface area contributed by atoms with Crippen LogP contribution in [0.25, 0.3) is 0 Å². The van der Waals surface area contributed by atoms with E-state index in [0.29, 0.717) is 13.2 Å². The van der Waals surface area contributed by atoms with Crippen molar-refractivity contribution in [3.63, 3.8) is 0 Å². The lowest BCUT2D eigenvalue weighted by atomic mass is 9.94. The highest BCUT2D eigenvalue weighted by molar-refractivity contribution is 5.85. The Balaban J connectivity index is 0.00000208. The highest BCUT2D eigenvalue weighted by atomic mass is 35.5. The molecule has 0 aromatic heterocycles. The van der Waals surface area contributed by atoms with Crippen molar-refractivity contribution in [2.45, 2.75) is 31.8 Å². The van der Waals surface area contributed by atoms with Crippen LogP contribution >= 0.6 is 12.4 Å². The quantitative estimate of drug-likeness (QED) is 0.821. The highest BCUT2D eigenvalue weighted by Crippen LogP contribution is 2.28. The van der Waals surface area contributed by atoms with Crippen LogP contribution in [0, 0.1) is 5.92 Å². The smallest absolute Gasteiger partial charge is 0.229 e. The van der Waals surface area contributed by atoms with Gasteiger partial charge in [-0.25, -0.2) is 0 Å². The molecule has 134 valence electrons. The van der Waals surface area contributed by atoms with Gasteiger partial charge in [0.05, 0.1) is 12.0 Å². The fraction of sp³-hybridized carbons (Fsp3) is 0.611. The average molecular weight is 355 g/mol. The Morgan fingerprint density at radius 3 is 2.79 bits per heavy atom. The third kappa shape index (κ3) is 4.62. The first-order chi connectivity index (χ1) is 11.3. The maximum atomic E-state index is 12.7. The number of ether oxygens (including phenoxy) is 2. The first kappa shape index (κ1) is 19.0. The zero-order valence-electron chi connectivity index (χ0n) is 14.0. The topological polar surface area (TPSA) is 64.8 Å². The molecule has 0 aliphatic carbocycles. The number of carbonyl (C=O) groups is 1. The molecular weight excluding hydrogens is 328 g/mol. The maximum Gasteiger partial charge on any atom is 0.229 e. The zero-order valence-corrected chi connectivity index (χ0v) is 14.8. The van der Waals surface area contributed by atoms with E-state index in [9.17, 15) is 4.79 Å². The van der Waals surface area contributed by atoms with E-state index in [-0.39, 0.29) is 30.3 Å². The van der Waals surface area contributed by atoms with Gasteiger partial charge in [0.15, 0.2) is 0 Å². The number of likely N-dealkylation sites (tertiary alicyclic amines) is 1. The lowest BCUT2D eigenvalue weighted by molar-refractivity contribution is -0.139. The van der Waals surface area contributed by atoms with E-state index in [0.717, 1.165) is 56.7 Å². The summed E-state index contributed by atoms with van der Waals surface area (Å²) in [6.07, 6.45) is 3.79. The van der Waals surface area contributed by atoms with Gasteiger partial charge in [-0.15, -0.1) is 12.4 Å². The number of hydrogen-bond donors (Lipinski definition) is 1. The molecule has 1 unspecified atom stereocenters. The van der Waals surface area contributed by atoms with Gasteiger partial charge in [0.1, 0.15) is 12.4 Å². The molecule has 0 radical (unpaired) electrons. The number of para-hydroxylation sites is 1. The lowest BCUT2D eigenvalue weighted by Gasteiger charge is -2.35. The minimum absolute atomic E-state index is 0. The molecule has 2 heterocycles. The monoisotopic (exact) mass is 354 g/mol. The van der Waals surface area contributed by atoms with Crippen molar-refractivity contribution < 1.29 is 14.3 Å². The summed E-state index contributed by atoms with van der Waals surface area (Å²) >= 11 is 0. The van der Waals surface area contributed by atoms with Gasteiger partial charge in [0, 0.05) is 19.7 Å². The summed E-state index contributed by atoms with van der Waals surface area (Å²) < 4.78 is 11.6. The van der Waals surface area contributed by atoms with Crippen LogP contribution in [-0.4, -0.2) is 49.8 Å². The molecule has 5 nitrogen and oxygen atoms in total. The highest BCUT2D eigenvalue weighted by Gasteiger charge is 2.31. The zero-order chi connectivity index (χ0) is 16.1. The minimum Gasteiger partial charge on any atom is -0.492 e. The van der Waals surface area contributed by atoms with Gasteiger partial charge in [-0.3, -0.25) is 4.79 Å². The summed E-state index contributed by atoms with van der Waals surface area (Å²) in [6.45, 7) is 3.44. The van der Waals surface area contributed by atoms with E-state index in [4.69, 9.17) is 15.2 Å². The normalized spacial score (nSPS) is 20.7. The summed E-state index contributed by atoms with van der Waals surface area (Å²) in [4.78, 5) is 14.7. The first-order valence-electron chi connectivity index (χ1n) is 8.59. The van der Waals surface area contributed by atoms with Gasteiger partial charge in [-0.05, 0) is 43.9 Å². The van der Waals surface area contributed by atoms with Crippen LogP contribution in [0.4, 0.5) is 0 Å². The Labute approximate surface area is 149 Å². The molecule has 2 aliphatic rings. The van der Waals surface area contributed by atoms with Crippen molar-refractivity contribution in [3.05, 3.63) is 29.8 Å². The summed E-state index contributed by atoms with van der Waals surface area (Å²) in [5.41, 5.74) is 6.61. The van der Waals surface area contributed by atoms with E-state index in [1.807, 2.05) is 29.2 Å². The number of rotatable bonds is 5. The number of carbonyl (C=O) groups excluding carboxylic acids is 1. The van der Waals surface area contributed by atoms with E-state index in [1.54, 1.807) is 0 Å². The molecule has 0 spiro atoms. The van der Waals surface area contributed by atoms with Crippen molar-refractivity contribution in [1.29, 1.82) is 0 Å². The number of nitrogens with two attached hydrogens (primary N) is 1. The maximum absolute atomic E-state index is 12.7. The SMILES string of the molecule is Cl.NCCCOC1CCN(C(=O)C2COc3ccccc3C2)CC1. The van der Waals surface area contributed by atoms with Gasteiger partial charge >= 0.3 is 0 Å². The third-order valence-corrected chi connectivity index (χ3v) is 4.68. The van der Waals surface area contributed by atoms with Crippen molar-refractivity contribution in [1.82, 2.24) is 4.90 Å². The standard InChI is InChI=1S/C18H26N2O3.ClH/c19-8-3-11-22-16-6-9-20(10-7-16)18(21)15-12-14-4-1-2-5-17(14)23-13-15;/h1-2,4-5,15-16H,3,6-13,19H2;1H. The molecule has 0 saturated carbocycles. The summed E-state index contributed by atoms with van der Waals surface area (Å²) in [6, 6.07) is 7.99. The van der Waals surface area contributed by atoms with Crippen LogP contribution < -0.4 is 10.5 Å². The fourth-order valence-electron chi connectivity index (χ4n) is 3.32. The van der Waals surface area contributed by atoms with Crippen molar-refractivity contribution in [3.8, 4) is 5.75 Å². The second-order valence-corrected chi connectivity index (χ2v) is 6.36. The lowest BCUT2D eigenvalue weighted by Crippen LogP contribution is -2.46. The second-order valence-electron chi connectivity index (χ2n) is 6.36. The van der Waals surface area contributed by atoms with Gasteiger partial charge < -0.3 is 20.1 Å². The van der Waals surface area contributed by atoms with Crippen LogP contribution in [0.3, 0.4) is 0 Å². The fourth-order valence-corrected chi connectivity index (χ4v) is 3.32. The minimum atomic E-state index is -0.0559.